The van der Waals surface area contributed by atoms with E-state index in [1.54, 1.807) is 29.2 Å². The van der Waals surface area contributed by atoms with Gasteiger partial charge in [-0.1, -0.05) is 29.8 Å². The van der Waals surface area contributed by atoms with Crippen molar-refractivity contribution >= 4 is 34.7 Å². The average Bonchev–Trinajstić information content (AvgIpc) is 2.42. The van der Waals surface area contributed by atoms with Gasteiger partial charge < -0.3 is 5.32 Å². The van der Waals surface area contributed by atoms with Crippen molar-refractivity contribution in [3.63, 3.8) is 0 Å². The molecule has 0 unspecified atom stereocenters. The van der Waals surface area contributed by atoms with E-state index in [9.17, 15) is 4.79 Å². The number of fused-ring (bicyclic) bond motifs is 1. The zero-order valence-corrected chi connectivity index (χ0v) is 11.7. The summed E-state index contributed by atoms with van der Waals surface area (Å²) in [6, 6.07) is 12.8. The first-order chi connectivity index (χ1) is 9.56. The van der Waals surface area contributed by atoms with E-state index in [2.05, 4.69) is 11.9 Å². The van der Waals surface area contributed by atoms with Crippen LogP contribution in [-0.2, 0) is 0 Å². The van der Waals surface area contributed by atoms with E-state index in [1.807, 2.05) is 25.1 Å². The van der Waals surface area contributed by atoms with E-state index >= 15 is 0 Å². The van der Waals surface area contributed by atoms with Crippen LogP contribution >= 0.6 is 11.6 Å². The van der Waals surface area contributed by atoms with Crippen LogP contribution in [0.15, 0.2) is 49.0 Å². The van der Waals surface area contributed by atoms with E-state index in [4.69, 9.17) is 11.6 Å². The van der Waals surface area contributed by atoms with Gasteiger partial charge in [0.1, 0.15) is 0 Å². The van der Waals surface area contributed by atoms with Gasteiger partial charge in [0.05, 0.1) is 17.1 Å². The molecule has 3 rings (SSSR count). The van der Waals surface area contributed by atoms with Crippen molar-refractivity contribution in [3.05, 3.63) is 65.2 Å². The van der Waals surface area contributed by atoms with Crippen LogP contribution in [-0.4, -0.2) is 6.03 Å². The number of nitrogens with one attached hydrogen (secondary N) is 1. The summed E-state index contributed by atoms with van der Waals surface area (Å²) in [5.74, 6) is 0. The summed E-state index contributed by atoms with van der Waals surface area (Å²) in [7, 11) is 0. The highest BCUT2D eigenvalue weighted by molar-refractivity contribution is 6.30. The Kier molecular flexibility index (Phi) is 2.99. The highest BCUT2D eigenvalue weighted by atomic mass is 35.5. The molecule has 3 nitrogen and oxygen atoms in total. The number of benzene rings is 2. The molecule has 100 valence electrons. The van der Waals surface area contributed by atoms with Crippen molar-refractivity contribution in [1.82, 2.24) is 0 Å². The number of nitrogens with zero attached hydrogens (tertiary/aromatic N) is 1. The molecule has 20 heavy (non-hydrogen) atoms. The average molecular weight is 285 g/mol. The molecule has 0 fully saturated rings. The van der Waals surface area contributed by atoms with E-state index in [0.29, 0.717) is 10.7 Å². The maximum absolute atomic E-state index is 12.3. The van der Waals surface area contributed by atoms with E-state index in [-0.39, 0.29) is 6.03 Å². The molecule has 0 spiro atoms. The van der Waals surface area contributed by atoms with Gasteiger partial charge >= 0.3 is 6.03 Å². The maximum atomic E-state index is 12.3. The number of anilines is 2. The molecule has 1 aliphatic heterocycles. The Balaban J connectivity index is 2.07. The highest BCUT2D eigenvalue weighted by Gasteiger charge is 2.27. The minimum Gasteiger partial charge on any atom is -0.307 e. The van der Waals surface area contributed by atoms with Gasteiger partial charge in [-0.2, -0.15) is 0 Å². The summed E-state index contributed by atoms with van der Waals surface area (Å²) in [6.07, 6.45) is 0. The Morgan fingerprint density at radius 1 is 1.15 bits per heavy atom. The van der Waals surface area contributed by atoms with Crippen molar-refractivity contribution in [2.75, 3.05) is 10.2 Å². The predicted molar refractivity (Wildman–Crippen MR) is 83.2 cm³/mol. The Hall–Kier alpha value is -2.26. The predicted octanol–water partition coefficient (Wildman–Crippen LogP) is 4.67. The lowest BCUT2D eigenvalue weighted by atomic mass is 10.0. The lowest BCUT2D eigenvalue weighted by molar-refractivity contribution is 0.259. The Morgan fingerprint density at radius 3 is 2.55 bits per heavy atom. The second-order valence-electron chi connectivity index (χ2n) is 4.74. The molecule has 2 aromatic rings. The number of urea groups is 1. The van der Waals surface area contributed by atoms with E-state index in [0.717, 1.165) is 22.5 Å². The standard InChI is InChI=1S/C16H13ClN2O/c1-10-3-8-15-14(9-10)11(2)19(16(20)18-15)13-6-4-12(17)5-7-13/h3-9H,2H2,1H3,(H,18,20). The molecule has 1 aliphatic rings. The second-order valence-corrected chi connectivity index (χ2v) is 5.17. The lowest BCUT2D eigenvalue weighted by Crippen LogP contribution is -2.37. The number of halogens is 1. The molecule has 0 aliphatic carbocycles. The number of amides is 2. The third-order valence-corrected chi connectivity index (χ3v) is 3.54. The summed E-state index contributed by atoms with van der Waals surface area (Å²) in [6.45, 7) is 6.07. The Morgan fingerprint density at radius 2 is 1.85 bits per heavy atom. The Bertz CT molecular complexity index is 707. The van der Waals surface area contributed by atoms with Crippen molar-refractivity contribution in [3.8, 4) is 0 Å². The maximum Gasteiger partial charge on any atom is 0.330 e. The largest absolute Gasteiger partial charge is 0.330 e. The van der Waals surface area contributed by atoms with E-state index in [1.165, 1.54) is 0 Å². The molecule has 0 atom stereocenters. The molecule has 2 amide bonds. The summed E-state index contributed by atoms with van der Waals surface area (Å²) < 4.78 is 0. The first-order valence-corrected chi connectivity index (χ1v) is 6.60. The summed E-state index contributed by atoms with van der Waals surface area (Å²) >= 11 is 5.88. The van der Waals surface area contributed by atoms with Crippen LogP contribution in [0.2, 0.25) is 5.02 Å². The van der Waals surface area contributed by atoms with Crippen molar-refractivity contribution in [2.24, 2.45) is 0 Å². The summed E-state index contributed by atoms with van der Waals surface area (Å²) in [5.41, 5.74) is 4.24. The second kappa shape index (κ2) is 4.69. The normalized spacial score (nSPS) is 14.0. The summed E-state index contributed by atoms with van der Waals surface area (Å²) in [4.78, 5) is 13.8. The number of aryl methyl sites for hydroxylation is 1. The molecular weight excluding hydrogens is 272 g/mol. The molecule has 0 aromatic heterocycles. The van der Waals surface area contributed by atoms with Crippen LogP contribution in [0.3, 0.4) is 0 Å². The van der Waals surface area contributed by atoms with Crippen LogP contribution in [0, 0.1) is 6.92 Å². The van der Waals surface area contributed by atoms with Crippen LogP contribution in [0.1, 0.15) is 11.1 Å². The van der Waals surface area contributed by atoms with E-state index < -0.39 is 0 Å². The molecular formula is C16H13ClN2O. The van der Waals surface area contributed by atoms with Crippen LogP contribution in [0.4, 0.5) is 16.2 Å². The third-order valence-electron chi connectivity index (χ3n) is 3.29. The third kappa shape index (κ3) is 2.06. The van der Waals surface area contributed by atoms with Gasteiger partial charge in [-0.15, -0.1) is 0 Å². The van der Waals surface area contributed by atoms with Gasteiger partial charge in [0.25, 0.3) is 0 Å². The lowest BCUT2D eigenvalue weighted by Gasteiger charge is -2.31. The van der Waals surface area contributed by atoms with Crippen LogP contribution < -0.4 is 10.2 Å². The number of rotatable bonds is 1. The molecule has 0 saturated heterocycles. The molecule has 0 bridgehead atoms. The number of carbonyl (C=O) groups excluding carboxylic acids is 1. The van der Waals surface area contributed by atoms with Gasteiger partial charge in [0.2, 0.25) is 0 Å². The number of hydrogen-bond donors (Lipinski definition) is 1. The van der Waals surface area contributed by atoms with Gasteiger partial charge in [-0.05, 0) is 43.3 Å². The van der Waals surface area contributed by atoms with Gasteiger partial charge in [-0.25, -0.2) is 4.79 Å². The SMILES string of the molecule is C=C1c2cc(C)ccc2NC(=O)N1c1ccc(Cl)cc1. The topological polar surface area (TPSA) is 32.3 Å². The fraction of sp³-hybridized carbons (Fsp3) is 0.0625. The molecule has 1 heterocycles. The molecule has 0 radical (unpaired) electrons. The summed E-state index contributed by atoms with van der Waals surface area (Å²) in [5, 5.41) is 3.51. The molecule has 1 N–H and O–H groups in total. The molecule has 0 saturated carbocycles. The molecule has 2 aromatic carbocycles. The van der Waals surface area contributed by atoms with Crippen molar-refractivity contribution in [2.45, 2.75) is 6.92 Å². The fourth-order valence-electron chi connectivity index (χ4n) is 2.28. The van der Waals surface area contributed by atoms with Gasteiger partial charge in [-0.3, -0.25) is 4.90 Å². The van der Waals surface area contributed by atoms with Crippen LogP contribution in [0.25, 0.3) is 5.70 Å². The minimum absolute atomic E-state index is 0.214. The zero-order chi connectivity index (χ0) is 14.3. The number of hydrogen-bond acceptors (Lipinski definition) is 1. The monoisotopic (exact) mass is 284 g/mol. The smallest absolute Gasteiger partial charge is 0.307 e. The Labute approximate surface area is 122 Å². The van der Waals surface area contributed by atoms with Crippen molar-refractivity contribution < 1.29 is 4.79 Å². The van der Waals surface area contributed by atoms with Gasteiger partial charge in [0.15, 0.2) is 0 Å². The highest BCUT2D eigenvalue weighted by Crippen LogP contribution is 2.35. The van der Waals surface area contributed by atoms with Crippen LogP contribution in [0.5, 0.6) is 0 Å². The number of carbonyl (C=O) groups is 1. The minimum atomic E-state index is -0.214. The quantitative estimate of drug-likeness (QED) is 0.811. The molecule has 4 heteroatoms. The van der Waals surface area contributed by atoms with Crippen molar-refractivity contribution in [1.29, 1.82) is 0 Å². The fourth-order valence-corrected chi connectivity index (χ4v) is 2.41. The first kappa shape index (κ1) is 12.8. The first-order valence-electron chi connectivity index (χ1n) is 6.23. The zero-order valence-electron chi connectivity index (χ0n) is 11.0. The van der Waals surface area contributed by atoms with Gasteiger partial charge in [0, 0.05) is 10.6 Å².